The van der Waals surface area contributed by atoms with Crippen molar-refractivity contribution in [1.29, 1.82) is 0 Å². The van der Waals surface area contributed by atoms with Crippen molar-refractivity contribution in [2.75, 3.05) is 6.54 Å². The fourth-order valence-electron chi connectivity index (χ4n) is 4.12. The second-order valence-electron chi connectivity index (χ2n) is 6.73. The van der Waals surface area contributed by atoms with Gasteiger partial charge in [0.25, 0.3) is 0 Å². The molecule has 1 N–H and O–H groups in total. The van der Waals surface area contributed by atoms with Crippen LogP contribution in [0, 0.1) is 5.41 Å². The van der Waals surface area contributed by atoms with E-state index in [1.54, 1.807) is 0 Å². The molecule has 0 unspecified atom stereocenters. The van der Waals surface area contributed by atoms with Crippen LogP contribution in [0.1, 0.15) is 64.2 Å². The van der Waals surface area contributed by atoms with Crippen LogP contribution in [0.4, 0.5) is 0 Å². The Bertz CT molecular complexity index is 392. The van der Waals surface area contributed by atoms with Gasteiger partial charge in [-0.05, 0) is 25.7 Å². The molecule has 2 saturated carbocycles. The van der Waals surface area contributed by atoms with E-state index in [0.717, 1.165) is 57.8 Å². The Morgan fingerprint density at radius 3 is 2.16 bits per heavy atom. The summed E-state index contributed by atoms with van der Waals surface area (Å²) in [5.74, 6) is -0.0695. The van der Waals surface area contributed by atoms with Gasteiger partial charge in [0.15, 0.2) is 0 Å². The van der Waals surface area contributed by atoms with E-state index in [-0.39, 0.29) is 18.4 Å². The fraction of sp³-hybridized carbons (Fsp3) is 0.867. The number of imide groups is 1. The van der Waals surface area contributed by atoms with Gasteiger partial charge in [-0.2, -0.15) is 0 Å². The third-order valence-electron chi connectivity index (χ3n) is 5.29. The van der Waals surface area contributed by atoms with Crippen molar-refractivity contribution in [3.05, 3.63) is 0 Å². The molecule has 0 radical (unpaired) electrons. The van der Waals surface area contributed by atoms with Gasteiger partial charge in [-0.1, -0.05) is 32.1 Å². The molecule has 0 bridgehead atoms. The number of likely N-dealkylation sites (tertiary alicyclic amines) is 1. The molecule has 3 aliphatic rings. The van der Waals surface area contributed by atoms with Crippen LogP contribution in [-0.4, -0.2) is 34.0 Å². The number of carbonyl (C=O) groups excluding carboxylic acids is 2. The second kappa shape index (κ2) is 4.58. The van der Waals surface area contributed by atoms with Gasteiger partial charge in [0, 0.05) is 6.42 Å². The van der Waals surface area contributed by atoms with E-state index in [0.29, 0.717) is 6.42 Å². The van der Waals surface area contributed by atoms with Crippen molar-refractivity contribution in [2.24, 2.45) is 5.41 Å². The van der Waals surface area contributed by atoms with Crippen LogP contribution in [0.2, 0.25) is 0 Å². The molecule has 4 nitrogen and oxygen atoms in total. The Morgan fingerprint density at radius 2 is 1.53 bits per heavy atom. The van der Waals surface area contributed by atoms with Gasteiger partial charge in [-0.25, -0.2) is 0 Å². The van der Waals surface area contributed by atoms with Crippen LogP contribution in [0.5, 0.6) is 0 Å². The zero-order chi connectivity index (χ0) is 13.5. The molecule has 1 saturated heterocycles. The molecule has 4 heteroatoms. The summed E-state index contributed by atoms with van der Waals surface area (Å²) in [5.41, 5.74) is -1.23. The summed E-state index contributed by atoms with van der Waals surface area (Å²) < 4.78 is 0. The first-order valence-electron chi connectivity index (χ1n) is 7.62. The minimum atomic E-state index is -0.826. The number of amides is 2. The normalized spacial score (nSPS) is 29.4. The Morgan fingerprint density at radius 1 is 0.947 bits per heavy atom. The first kappa shape index (κ1) is 13.1. The number of aliphatic hydroxyl groups is 1. The van der Waals surface area contributed by atoms with E-state index in [4.69, 9.17) is 0 Å². The number of hydrogen-bond acceptors (Lipinski definition) is 3. The molecule has 3 fully saturated rings. The quantitative estimate of drug-likeness (QED) is 0.777. The molecule has 0 aromatic heterocycles. The molecule has 1 heterocycles. The molecular formula is C15H23NO3. The van der Waals surface area contributed by atoms with Crippen LogP contribution >= 0.6 is 0 Å². The molecule has 0 aromatic rings. The summed E-state index contributed by atoms with van der Waals surface area (Å²) >= 11 is 0. The lowest BCUT2D eigenvalue weighted by Crippen LogP contribution is -2.47. The standard InChI is InChI=1S/C15H23NO3/c17-12-10-14(6-4-5-7-14)13(18)16(12)11-15(19)8-2-1-3-9-15/h19H,1-11H2. The van der Waals surface area contributed by atoms with Crippen molar-refractivity contribution >= 4 is 11.8 Å². The lowest BCUT2D eigenvalue weighted by atomic mass is 9.83. The number of β-amino-alcohol motifs (C(OH)–C–C–N with tert-alkyl or cyclic N) is 1. The first-order valence-corrected chi connectivity index (χ1v) is 7.62. The Labute approximate surface area is 114 Å². The fourth-order valence-corrected chi connectivity index (χ4v) is 4.12. The first-order chi connectivity index (χ1) is 9.05. The lowest BCUT2D eigenvalue weighted by molar-refractivity contribution is -0.146. The zero-order valence-corrected chi connectivity index (χ0v) is 11.5. The highest BCUT2D eigenvalue weighted by atomic mass is 16.3. The van der Waals surface area contributed by atoms with Crippen LogP contribution in [0.3, 0.4) is 0 Å². The number of nitrogens with zero attached hydrogens (tertiary/aromatic N) is 1. The van der Waals surface area contributed by atoms with Crippen LogP contribution in [0.25, 0.3) is 0 Å². The van der Waals surface area contributed by atoms with Crippen LogP contribution in [0.15, 0.2) is 0 Å². The van der Waals surface area contributed by atoms with Crippen molar-refractivity contribution in [2.45, 2.75) is 69.8 Å². The van der Waals surface area contributed by atoms with Gasteiger partial charge >= 0.3 is 0 Å². The molecule has 3 rings (SSSR count). The summed E-state index contributed by atoms with van der Waals surface area (Å²) in [6.07, 6.45) is 8.77. The second-order valence-corrected chi connectivity index (χ2v) is 6.73. The van der Waals surface area contributed by atoms with Gasteiger partial charge in [-0.15, -0.1) is 0 Å². The van der Waals surface area contributed by atoms with E-state index in [9.17, 15) is 14.7 Å². The van der Waals surface area contributed by atoms with Crippen molar-refractivity contribution in [1.82, 2.24) is 4.90 Å². The summed E-state index contributed by atoms with van der Waals surface area (Å²) in [7, 11) is 0. The molecule has 1 aliphatic heterocycles. The van der Waals surface area contributed by atoms with E-state index in [1.165, 1.54) is 4.90 Å². The van der Waals surface area contributed by atoms with Gasteiger partial charge in [0.2, 0.25) is 11.8 Å². The highest BCUT2D eigenvalue weighted by Crippen LogP contribution is 2.47. The van der Waals surface area contributed by atoms with Crippen molar-refractivity contribution in [3.8, 4) is 0 Å². The summed E-state index contributed by atoms with van der Waals surface area (Å²) in [6, 6.07) is 0. The molecule has 1 spiro atoms. The third kappa shape index (κ3) is 2.20. The molecule has 0 atom stereocenters. The Balaban J connectivity index is 1.74. The average Bonchev–Trinajstić information content (AvgIpc) is 2.93. The average molecular weight is 265 g/mol. The van der Waals surface area contributed by atoms with Crippen LogP contribution in [-0.2, 0) is 9.59 Å². The lowest BCUT2D eigenvalue weighted by Gasteiger charge is -2.35. The van der Waals surface area contributed by atoms with E-state index < -0.39 is 11.0 Å². The van der Waals surface area contributed by atoms with Crippen molar-refractivity contribution in [3.63, 3.8) is 0 Å². The van der Waals surface area contributed by atoms with E-state index in [1.807, 2.05) is 0 Å². The van der Waals surface area contributed by atoms with Gasteiger partial charge in [0.1, 0.15) is 0 Å². The maximum absolute atomic E-state index is 12.5. The van der Waals surface area contributed by atoms with Crippen molar-refractivity contribution < 1.29 is 14.7 Å². The van der Waals surface area contributed by atoms with Gasteiger partial charge in [-0.3, -0.25) is 14.5 Å². The van der Waals surface area contributed by atoms with E-state index in [2.05, 4.69) is 0 Å². The number of rotatable bonds is 2. The number of hydrogen-bond donors (Lipinski definition) is 1. The monoisotopic (exact) mass is 265 g/mol. The molecule has 106 valence electrons. The molecule has 2 amide bonds. The molecule has 19 heavy (non-hydrogen) atoms. The minimum Gasteiger partial charge on any atom is -0.388 e. The van der Waals surface area contributed by atoms with Crippen LogP contribution < -0.4 is 0 Å². The maximum Gasteiger partial charge on any atom is 0.236 e. The summed E-state index contributed by atoms with van der Waals surface area (Å²) in [4.78, 5) is 26.1. The number of carbonyl (C=O) groups is 2. The zero-order valence-electron chi connectivity index (χ0n) is 11.5. The highest BCUT2D eigenvalue weighted by molar-refractivity contribution is 6.06. The minimum absolute atomic E-state index is 0.00556. The molecular weight excluding hydrogens is 242 g/mol. The van der Waals surface area contributed by atoms with Gasteiger partial charge < -0.3 is 5.11 Å². The predicted octanol–water partition coefficient (Wildman–Crippen LogP) is 2.00. The maximum atomic E-state index is 12.5. The summed E-state index contributed by atoms with van der Waals surface area (Å²) in [5, 5.41) is 10.6. The third-order valence-corrected chi connectivity index (χ3v) is 5.29. The van der Waals surface area contributed by atoms with Gasteiger partial charge in [0.05, 0.1) is 17.6 Å². The summed E-state index contributed by atoms with van der Waals surface area (Å²) in [6.45, 7) is 0.229. The largest absolute Gasteiger partial charge is 0.388 e. The highest BCUT2D eigenvalue weighted by Gasteiger charge is 2.53. The molecule has 2 aliphatic carbocycles. The molecule has 0 aromatic carbocycles. The topological polar surface area (TPSA) is 57.6 Å². The Kier molecular flexibility index (Phi) is 3.16. The predicted molar refractivity (Wildman–Crippen MR) is 70.3 cm³/mol. The Hall–Kier alpha value is -0.900. The SMILES string of the molecule is O=C1CC2(CCCC2)C(=O)N1CC1(O)CCCCC1. The van der Waals surface area contributed by atoms with E-state index >= 15 is 0 Å². The smallest absolute Gasteiger partial charge is 0.236 e.